The van der Waals surface area contributed by atoms with Gasteiger partial charge in [-0.1, -0.05) is 12.1 Å². The molecule has 0 bridgehead atoms. The molecule has 0 amide bonds. The van der Waals surface area contributed by atoms with Gasteiger partial charge in [-0.05, 0) is 35.6 Å². The molecule has 84 valence electrons. The minimum absolute atomic E-state index is 0.558. The van der Waals surface area contributed by atoms with Crippen molar-refractivity contribution in [3.8, 4) is 0 Å². The monoisotopic (exact) mass is 223 g/mol. The second kappa shape index (κ2) is 3.70. The van der Waals surface area contributed by atoms with E-state index in [4.69, 9.17) is 5.73 Å². The van der Waals surface area contributed by atoms with Crippen LogP contribution in [0.5, 0.6) is 0 Å². The Morgan fingerprint density at radius 2 is 2.06 bits per heavy atom. The maximum absolute atomic E-state index is 5.70. The minimum atomic E-state index is 0.558. The smallest absolute Gasteiger partial charge is 0.123 e. The molecular formula is C14H13N3. The molecule has 1 aliphatic heterocycles. The molecule has 3 heteroatoms. The van der Waals surface area contributed by atoms with Gasteiger partial charge in [0.05, 0.1) is 0 Å². The zero-order valence-corrected chi connectivity index (χ0v) is 9.64. The molecule has 3 rings (SSSR count). The Hall–Kier alpha value is -2.16. The third-order valence-corrected chi connectivity index (χ3v) is 3.00. The van der Waals surface area contributed by atoms with E-state index < -0.39 is 0 Å². The number of nitrogens with two attached hydrogens (primary N) is 1. The lowest BCUT2D eigenvalue weighted by Crippen LogP contribution is -1.91. The Balaban J connectivity index is 2.08. The van der Waals surface area contributed by atoms with Crippen molar-refractivity contribution in [3.63, 3.8) is 0 Å². The van der Waals surface area contributed by atoms with E-state index in [1.54, 1.807) is 6.20 Å². The quantitative estimate of drug-likeness (QED) is 0.807. The number of fused-ring (bicyclic) bond motifs is 1. The first-order chi connectivity index (χ1) is 8.22. The molecule has 0 unspecified atom stereocenters. The molecular weight excluding hydrogens is 210 g/mol. The number of aliphatic imine (C=N–C) groups is 1. The van der Waals surface area contributed by atoms with Crippen molar-refractivity contribution in [3.05, 3.63) is 42.2 Å². The van der Waals surface area contributed by atoms with Gasteiger partial charge in [-0.15, -0.1) is 0 Å². The van der Waals surface area contributed by atoms with Gasteiger partial charge >= 0.3 is 0 Å². The van der Waals surface area contributed by atoms with E-state index in [-0.39, 0.29) is 0 Å². The first-order valence-electron chi connectivity index (χ1n) is 5.60. The summed E-state index contributed by atoms with van der Waals surface area (Å²) in [6.07, 6.45) is 4.69. The van der Waals surface area contributed by atoms with Crippen molar-refractivity contribution in [2.75, 3.05) is 5.73 Å². The lowest BCUT2D eigenvalue weighted by molar-refractivity contribution is 1.37. The maximum atomic E-state index is 5.70. The van der Waals surface area contributed by atoms with E-state index >= 15 is 0 Å². The fraction of sp³-hybridized carbons (Fsp3) is 0.143. The number of aromatic nitrogens is 1. The Labute approximate surface area is 99.7 Å². The van der Waals surface area contributed by atoms with Crippen LogP contribution >= 0.6 is 0 Å². The molecule has 0 spiro atoms. The van der Waals surface area contributed by atoms with E-state index in [9.17, 15) is 0 Å². The number of nitrogen functional groups attached to an aromatic ring is 1. The SMILES string of the molecule is CC1=NC=C(c2ccc3cnc(N)cc3c2)C1. The van der Waals surface area contributed by atoms with E-state index in [1.807, 2.05) is 19.2 Å². The lowest BCUT2D eigenvalue weighted by Gasteiger charge is -2.05. The minimum Gasteiger partial charge on any atom is -0.384 e. The third-order valence-electron chi connectivity index (χ3n) is 3.00. The Morgan fingerprint density at radius 1 is 1.18 bits per heavy atom. The summed E-state index contributed by atoms with van der Waals surface area (Å²) in [4.78, 5) is 8.40. The molecule has 2 N–H and O–H groups in total. The van der Waals surface area contributed by atoms with Crippen molar-refractivity contribution < 1.29 is 0 Å². The van der Waals surface area contributed by atoms with Crippen LogP contribution in [0.2, 0.25) is 0 Å². The van der Waals surface area contributed by atoms with Crippen LogP contribution in [0, 0.1) is 0 Å². The lowest BCUT2D eigenvalue weighted by atomic mass is 10.0. The average Bonchev–Trinajstić information content (AvgIpc) is 2.75. The van der Waals surface area contributed by atoms with Gasteiger partial charge in [0.15, 0.2) is 0 Å². The molecule has 17 heavy (non-hydrogen) atoms. The highest BCUT2D eigenvalue weighted by atomic mass is 14.8. The molecule has 0 atom stereocenters. The van der Waals surface area contributed by atoms with Crippen molar-refractivity contribution in [1.82, 2.24) is 4.98 Å². The number of rotatable bonds is 1. The van der Waals surface area contributed by atoms with Gasteiger partial charge in [-0.25, -0.2) is 4.98 Å². The standard InChI is InChI=1S/C14H13N3/c1-9-4-13(8-16-9)10-2-3-11-7-17-14(15)6-12(11)5-10/h2-3,5-8H,4H2,1H3,(H2,15,17). The summed E-state index contributed by atoms with van der Waals surface area (Å²) in [5.74, 6) is 0.558. The van der Waals surface area contributed by atoms with Crippen LogP contribution in [0.25, 0.3) is 16.3 Å². The molecule has 0 fully saturated rings. The predicted octanol–water partition coefficient (Wildman–Crippen LogP) is 3.02. The van der Waals surface area contributed by atoms with Crippen LogP contribution in [-0.2, 0) is 0 Å². The zero-order valence-electron chi connectivity index (χ0n) is 9.64. The summed E-state index contributed by atoms with van der Waals surface area (Å²) in [5, 5.41) is 2.24. The Morgan fingerprint density at radius 3 is 2.82 bits per heavy atom. The van der Waals surface area contributed by atoms with Crippen molar-refractivity contribution in [2.45, 2.75) is 13.3 Å². The van der Waals surface area contributed by atoms with Gasteiger partial charge in [0.1, 0.15) is 5.82 Å². The summed E-state index contributed by atoms with van der Waals surface area (Å²) < 4.78 is 0. The Kier molecular flexibility index (Phi) is 2.18. The number of allylic oxidation sites excluding steroid dienone is 1. The first-order valence-corrected chi connectivity index (χ1v) is 5.60. The number of anilines is 1. The first kappa shape index (κ1) is 10.0. The van der Waals surface area contributed by atoms with E-state index in [0.29, 0.717) is 5.82 Å². The van der Waals surface area contributed by atoms with Crippen LogP contribution in [-0.4, -0.2) is 10.7 Å². The largest absolute Gasteiger partial charge is 0.384 e. The molecule has 1 aromatic carbocycles. The topological polar surface area (TPSA) is 51.3 Å². The normalized spacial score (nSPS) is 14.9. The number of nitrogens with zero attached hydrogens (tertiary/aromatic N) is 2. The van der Waals surface area contributed by atoms with Gasteiger partial charge in [-0.3, -0.25) is 4.99 Å². The van der Waals surface area contributed by atoms with E-state index in [1.165, 1.54) is 11.1 Å². The molecule has 1 aliphatic rings. The van der Waals surface area contributed by atoms with Crippen LogP contribution in [0.4, 0.5) is 5.82 Å². The molecule has 0 radical (unpaired) electrons. The average molecular weight is 223 g/mol. The highest BCUT2D eigenvalue weighted by Crippen LogP contribution is 2.26. The second-order valence-electron chi connectivity index (χ2n) is 4.37. The van der Waals surface area contributed by atoms with Crippen LogP contribution < -0.4 is 5.73 Å². The number of pyridine rings is 1. The summed E-state index contributed by atoms with van der Waals surface area (Å²) >= 11 is 0. The van der Waals surface area contributed by atoms with Crippen LogP contribution in [0.1, 0.15) is 18.9 Å². The van der Waals surface area contributed by atoms with Crippen LogP contribution in [0.15, 0.2) is 41.7 Å². The molecule has 0 saturated carbocycles. The summed E-state index contributed by atoms with van der Waals surface area (Å²) in [6.45, 7) is 2.05. The van der Waals surface area contributed by atoms with Gasteiger partial charge < -0.3 is 5.73 Å². The van der Waals surface area contributed by atoms with E-state index in [2.05, 4.69) is 28.2 Å². The fourth-order valence-electron chi connectivity index (χ4n) is 2.09. The number of benzene rings is 1. The van der Waals surface area contributed by atoms with E-state index in [0.717, 1.165) is 22.9 Å². The fourth-order valence-corrected chi connectivity index (χ4v) is 2.09. The Bertz CT molecular complexity index is 654. The number of hydrogen-bond donors (Lipinski definition) is 1. The van der Waals surface area contributed by atoms with Gasteiger partial charge in [0, 0.05) is 29.9 Å². The van der Waals surface area contributed by atoms with Crippen molar-refractivity contribution in [1.29, 1.82) is 0 Å². The summed E-state index contributed by atoms with van der Waals surface area (Å²) in [5.41, 5.74) is 9.34. The summed E-state index contributed by atoms with van der Waals surface area (Å²) in [7, 11) is 0. The maximum Gasteiger partial charge on any atom is 0.123 e. The van der Waals surface area contributed by atoms with Gasteiger partial charge in [-0.2, -0.15) is 0 Å². The van der Waals surface area contributed by atoms with Crippen molar-refractivity contribution >= 4 is 27.9 Å². The second-order valence-corrected chi connectivity index (χ2v) is 4.37. The molecule has 2 heterocycles. The summed E-state index contributed by atoms with van der Waals surface area (Å²) in [6, 6.07) is 8.24. The molecule has 0 saturated heterocycles. The molecule has 0 aliphatic carbocycles. The van der Waals surface area contributed by atoms with Crippen molar-refractivity contribution in [2.24, 2.45) is 4.99 Å². The molecule has 1 aromatic heterocycles. The third kappa shape index (κ3) is 1.80. The highest BCUT2D eigenvalue weighted by molar-refractivity contribution is 5.98. The molecule has 3 nitrogen and oxygen atoms in total. The highest BCUT2D eigenvalue weighted by Gasteiger charge is 2.09. The van der Waals surface area contributed by atoms with Gasteiger partial charge in [0.25, 0.3) is 0 Å². The van der Waals surface area contributed by atoms with Crippen LogP contribution in [0.3, 0.4) is 0 Å². The predicted molar refractivity (Wildman–Crippen MR) is 71.9 cm³/mol. The van der Waals surface area contributed by atoms with Gasteiger partial charge in [0.2, 0.25) is 0 Å². The zero-order chi connectivity index (χ0) is 11.8. The molecule has 2 aromatic rings. The number of hydrogen-bond acceptors (Lipinski definition) is 3.